The highest BCUT2D eigenvalue weighted by Gasteiger charge is 2.14. The monoisotopic (exact) mass is 171 g/mol. The van der Waals surface area contributed by atoms with E-state index in [-0.39, 0.29) is 0 Å². The lowest BCUT2D eigenvalue weighted by Gasteiger charge is -2.22. The van der Waals surface area contributed by atoms with Crippen molar-refractivity contribution in [3.8, 4) is 0 Å². The Morgan fingerprint density at radius 3 is 3.00 bits per heavy atom. The molecule has 1 aliphatic rings. The lowest BCUT2D eigenvalue weighted by atomic mass is 9.94. The first-order chi connectivity index (χ1) is 5.83. The zero-order valence-corrected chi connectivity index (χ0v) is 8.09. The Kier molecular flexibility index (Phi) is 4.62. The lowest BCUT2D eigenvalue weighted by Crippen LogP contribution is -2.23. The predicted octanol–water partition coefficient (Wildman–Crippen LogP) is 1.93. The van der Waals surface area contributed by atoms with Gasteiger partial charge >= 0.3 is 0 Å². The molecular formula is C10H21NO. The summed E-state index contributed by atoms with van der Waals surface area (Å²) < 4.78 is 5.41. The van der Waals surface area contributed by atoms with Crippen LogP contribution in [0.5, 0.6) is 0 Å². The Morgan fingerprint density at radius 2 is 2.42 bits per heavy atom. The van der Waals surface area contributed by atoms with Crippen LogP contribution in [0.25, 0.3) is 0 Å². The van der Waals surface area contributed by atoms with Gasteiger partial charge in [0.15, 0.2) is 0 Å². The van der Waals surface area contributed by atoms with Crippen LogP contribution < -0.4 is 5.73 Å². The number of nitrogens with two attached hydrogens (primary N) is 1. The number of rotatable bonds is 4. The molecule has 2 unspecified atom stereocenters. The van der Waals surface area contributed by atoms with E-state index in [0.717, 1.165) is 25.6 Å². The summed E-state index contributed by atoms with van der Waals surface area (Å²) >= 11 is 0. The molecule has 2 atom stereocenters. The maximum absolute atomic E-state index is 5.85. The van der Waals surface area contributed by atoms with Gasteiger partial charge < -0.3 is 10.5 Å². The van der Waals surface area contributed by atoms with E-state index in [9.17, 15) is 0 Å². The summed E-state index contributed by atoms with van der Waals surface area (Å²) in [6.45, 7) is 4.09. The standard InChI is InChI=1S/C10H21NO/c1-2-10(11)6-5-9-4-3-7-12-8-9/h9-10H,2-8,11H2,1H3. The molecule has 1 saturated heterocycles. The van der Waals surface area contributed by atoms with Gasteiger partial charge in [0.2, 0.25) is 0 Å². The smallest absolute Gasteiger partial charge is 0.0494 e. The van der Waals surface area contributed by atoms with Gasteiger partial charge in [0, 0.05) is 19.3 Å². The van der Waals surface area contributed by atoms with Crippen molar-refractivity contribution in [1.29, 1.82) is 0 Å². The van der Waals surface area contributed by atoms with Crippen LogP contribution in [-0.4, -0.2) is 19.3 Å². The molecule has 72 valence electrons. The minimum Gasteiger partial charge on any atom is -0.381 e. The Labute approximate surface area is 75.5 Å². The van der Waals surface area contributed by atoms with Crippen molar-refractivity contribution in [1.82, 2.24) is 0 Å². The molecule has 0 spiro atoms. The third-order valence-electron chi connectivity index (χ3n) is 2.72. The molecule has 2 N–H and O–H groups in total. The molecule has 1 rings (SSSR count). The molecule has 0 aromatic rings. The first-order valence-electron chi connectivity index (χ1n) is 5.16. The normalized spacial score (nSPS) is 27.0. The van der Waals surface area contributed by atoms with Crippen molar-refractivity contribution in [3.05, 3.63) is 0 Å². The van der Waals surface area contributed by atoms with Crippen LogP contribution in [0.1, 0.15) is 39.0 Å². The van der Waals surface area contributed by atoms with Crippen LogP contribution >= 0.6 is 0 Å². The summed E-state index contributed by atoms with van der Waals surface area (Å²) in [6.07, 6.45) is 6.12. The summed E-state index contributed by atoms with van der Waals surface area (Å²) in [5, 5.41) is 0. The van der Waals surface area contributed by atoms with Gasteiger partial charge in [-0.2, -0.15) is 0 Å². The van der Waals surface area contributed by atoms with Crippen molar-refractivity contribution < 1.29 is 4.74 Å². The van der Waals surface area contributed by atoms with Gasteiger partial charge in [-0.25, -0.2) is 0 Å². The Hall–Kier alpha value is -0.0800. The van der Waals surface area contributed by atoms with Crippen molar-refractivity contribution in [3.63, 3.8) is 0 Å². The van der Waals surface area contributed by atoms with Crippen LogP contribution in [0, 0.1) is 5.92 Å². The van der Waals surface area contributed by atoms with E-state index in [1.54, 1.807) is 0 Å². The van der Waals surface area contributed by atoms with Crippen molar-refractivity contribution in [2.45, 2.75) is 45.1 Å². The molecule has 2 heteroatoms. The molecule has 2 nitrogen and oxygen atoms in total. The zero-order chi connectivity index (χ0) is 8.81. The Morgan fingerprint density at radius 1 is 1.58 bits per heavy atom. The number of hydrogen-bond acceptors (Lipinski definition) is 2. The predicted molar refractivity (Wildman–Crippen MR) is 51.0 cm³/mol. The summed E-state index contributed by atoms with van der Waals surface area (Å²) in [7, 11) is 0. The molecule has 1 aliphatic heterocycles. The fraction of sp³-hybridized carbons (Fsp3) is 1.00. The maximum Gasteiger partial charge on any atom is 0.0494 e. The van der Waals surface area contributed by atoms with Gasteiger partial charge in [0.1, 0.15) is 0 Å². The largest absolute Gasteiger partial charge is 0.381 e. The quantitative estimate of drug-likeness (QED) is 0.701. The second kappa shape index (κ2) is 5.55. The van der Waals surface area contributed by atoms with E-state index in [4.69, 9.17) is 10.5 Å². The van der Waals surface area contributed by atoms with Crippen molar-refractivity contribution in [2.75, 3.05) is 13.2 Å². The second-order valence-electron chi connectivity index (χ2n) is 3.83. The van der Waals surface area contributed by atoms with Crippen LogP contribution in [-0.2, 0) is 4.74 Å². The first-order valence-corrected chi connectivity index (χ1v) is 5.16. The van der Waals surface area contributed by atoms with Crippen LogP contribution in [0.15, 0.2) is 0 Å². The van der Waals surface area contributed by atoms with Crippen LogP contribution in [0.2, 0.25) is 0 Å². The minimum absolute atomic E-state index is 0.409. The molecule has 0 aromatic heterocycles. The minimum atomic E-state index is 0.409. The van der Waals surface area contributed by atoms with Crippen molar-refractivity contribution >= 4 is 0 Å². The topological polar surface area (TPSA) is 35.2 Å². The molecule has 1 heterocycles. The van der Waals surface area contributed by atoms with Crippen LogP contribution in [0.4, 0.5) is 0 Å². The van der Waals surface area contributed by atoms with E-state index in [0.29, 0.717) is 6.04 Å². The fourth-order valence-electron chi connectivity index (χ4n) is 1.69. The second-order valence-corrected chi connectivity index (χ2v) is 3.83. The molecule has 0 saturated carbocycles. The summed E-state index contributed by atoms with van der Waals surface area (Å²) in [5.74, 6) is 0.788. The summed E-state index contributed by atoms with van der Waals surface area (Å²) in [4.78, 5) is 0. The van der Waals surface area contributed by atoms with Crippen LogP contribution in [0.3, 0.4) is 0 Å². The zero-order valence-electron chi connectivity index (χ0n) is 8.09. The fourth-order valence-corrected chi connectivity index (χ4v) is 1.69. The molecule has 1 fully saturated rings. The van der Waals surface area contributed by atoms with E-state index in [1.165, 1.54) is 25.7 Å². The average Bonchev–Trinajstić information content (AvgIpc) is 2.16. The molecular weight excluding hydrogens is 150 g/mol. The van der Waals surface area contributed by atoms with Crippen molar-refractivity contribution in [2.24, 2.45) is 11.7 Å². The van der Waals surface area contributed by atoms with Gasteiger partial charge in [0.05, 0.1) is 0 Å². The number of ether oxygens (including phenoxy) is 1. The highest BCUT2D eigenvalue weighted by Crippen LogP contribution is 2.19. The molecule has 0 bridgehead atoms. The highest BCUT2D eigenvalue weighted by molar-refractivity contribution is 4.67. The third-order valence-corrected chi connectivity index (χ3v) is 2.72. The summed E-state index contributed by atoms with van der Waals surface area (Å²) in [6, 6.07) is 0.409. The van der Waals surface area contributed by atoms with Gasteiger partial charge in [-0.3, -0.25) is 0 Å². The van der Waals surface area contributed by atoms with E-state index in [2.05, 4.69) is 6.92 Å². The van der Waals surface area contributed by atoms with Gasteiger partial charge in [-0.05, 0) is 38.0 Å². The molecule has 0 aliphatic carbocycles. The van der Waals surface area contributed by atoms with Gasteiger partial charge in [0.25, 0.3) is 0 Å². The molecule has 0 radical (unpaired) electrons. The van der Waals surface area contributed by atoms with E-state index in [1.807, 2.05) is 0 Å². The Balaban J connectivity index is 2.05. The first kappa shape index (κ1) is 10.0. The Bertz CT molecular complexity index is 110. The molecule has 12 heavy (non-hydrogen) atoms. The third kappa shape index (κ3) is 3.55. The van der Waals surface area contributed by atoms with E-state index < -0.39 is 0 Å². The number of hydrogen-bond donors (Lipinski definition) is 1. The maximum atomic E-state index is 5.85. The highest BCUT2D eigenvalue weighted by atomic mass is 16.5. The SMILES string of the molecule is CCC(N)CCC1CCCOC1. The van der Waals surface area contributed by atoms with Gasteiger partial charge in [-0.1, -0.05) is 6.92 Å². The lowest BCUT2D eigenvalue weighted by molar-refractivity contribution is 0.0502. The summed E-state index contributed by atoms with van der Waals surface area (Å²) in [5.41, 5.74) is 5.85. The van der Waals surface area contributed by atoms with Gasteiger partial charge in [-0.15, -0.1) is 0 Å². The molecule has 0 amide bonds. The van der Waals surface area contributed by atoms with E-state index >= 15 is 0 Å². The average molecular weight is 171 g/mol. The molecule has 0 aromatic carbocycles.